The van der Waals surface area contributed by atoms with Crippen LogP contribution in [0.3, 0.4) is 0 Å². The normalized spacial score (nSPS) is 11.5. The molecule has 6 nitrogen and oxygen atoms in total. The summed E-state index contributed by atoms with van der Waals surface area (Å²) in [5.41, 5.74) is 0.997. The van der Waals surface area contributed by atoms with Gasteiger partial charge in [0.05, 0.1) is 12.9 Å². The van der Waals surface area contributed by atoms with E-state index in [-0.39, 0.29) is 19.7 Å². The summed E-state index contributed by atoms with van der Waals surface area (Å²) in [5, 5.41) is 3.15. The molecule has 1 aromatic carbocycles. The maximum absolute atomic E-state index is 11.8. The molecular weight excluding hydrogens is 328 g/mol. The van der Waals surface area contributed by atoms with Crippen molar-refractivity contribution < 1.29 is 17.9 Å². The molecule has 124 valence electrons. The number of amides is 1. The van der Waals surface area contributed by atoms with Gasteiger partial charge in [0.2, 0.25) is 10.0 Å². The Morgan fingerprint density at radius 1 is 1.27 bits per heavy atom. The molecule has 0 saturated heterocycles. The second-order valence-electron chi connectivity index (χ2n) is 4.69. The quantitative estimate of drug-likeness (QED) is 0.778. The van der Waals surface area contributed by atoms with Crippen molar-refractivity contribution in [1.82, 2.24) is 9.62 Å². The van der Waals surface area contributed by atoms with Crippen molar-refractivity contribution >= 4 is 27.7 Å². The number of sulfonamides is 1. The van der Waals surface area contributed by atoms with E-state index in [1.807, 2.05) is 12.1 Å². The summed E-state index contributed by atoms with van der Waals surface area (Å²) < 4.78 is 29.6. The molecule has 1 rings (SSSR count). The number of nitrogens with zero attached hydrogens (tertiary/aromatic N) is 1. The van der Waals surface area contributed by atoms with Crippen LogP contribution in [0.1, 0.15) is 12.5 Å². The molecule has 0 heterocycles. The first-order valence-corrected chi connectivity index (χ1v) is 9.15. The number of benzene rings is 1. The zero-order valence-corrected chi connectivity index (χ0v) is 14.3. The van der Waals surface area contributed by atoms with Crippen molar-refractivity contribution in [1.29, 1.82) is 0 Å². The van der Waals surface area contributed by atoms with Crippen LogP contribution in [0.15, 0.2) is 24.3 Å². The second-order valence-corrected chi connectivity index (χ2v) is 7.10. The SMILES string of the molecule is CCOC(=O)NCCN(CCc1ccc(Cl)cc1)S(C)(=O)=O. The first kappa shape index (κ1) is 18.7. The summed E-state index contributed by atoms with van der Waals surface area (Å²) in [5.74, 6) is 0. The lowest BCUT2D eigenvalue weighted by molar-refractivity contribution is 0.151. The zero-order valence-electron chi connectivity index (χ0n) is 12.7. The Morgan fingerprint density at radius 2 is 1.91 bits per heavy atom. The van der Waals surface area contributed by atoms with E-state index in [1.54, 1.807) is 19.1 Å². The Morgan fingerprint density at radius 3 is 2.45 bits per heavy atom. The Labute approximate surface area is 136 Å². The summed E-state index contributed by atoms with van der Waals surface area (Å²) in [6, 6.07) is 7.26. The molecule has 0 atom stereocenters. The van der Waals surface area contributed by atoms with Crippen molar-refractivity contribution in [3.05, 3.63) is 34.9 Å². The molecule has 8 heteroatoms. The topological polar surface area (TPSA) is 75.7 Å². The van der Waals surface area contributed by atoms with Gasteiger partial charge in [0, 0.05) is 24.7 Å². The fourth-order valence-electron chi connectivity index (χ4n) is 1.81. The zero-order chi connectivity index (χ0) is 16.6. The predicted octanol–water partition coefficient (Wildman–Crippen LogP) is 1.89. The van der Waals surface area contributed by atoms with Gasteiger partial charge >= 0.3 is 6.09 Å². The molecule has 0 radical (unpaired) electrons. The fourth-order valence-corrected chi connectivity index (χ4v) is 2.78. The van der Waals surface area contributed by atoms with Gasteiger partial charge in [-0.25, -0.2) is 17.5 Å². The molecule has 0 bridgehead atoms. The average molecular weight is 349 g/mol. The van der Waals surface area contributed by atoms with E-state index in [0.717, 1.165) is 11.8 Å². The number of alkyl carbamates (subject to hydrolysis) is 1. The number of ether oxygens (including phenoxy) is 1. The lowest BCUT2D eigenvalue weighted by atomic mass is 10.1. The molecule has 0 saturated carbocycles. The first-order valence-electron chi connectivity index (χ1n) is 6.93. The van der Waals surface area contributed by atoms with Crippen molar-refractivity contribution in [3.63, 3.8) is 0 Å². The highest BCUT2D eigenvalue weighted by Gasteiger charge is 2.16. The number of halogens is 1. The highest BCUT2D eigenvalue weighted by Crippen LogP contribution is 2.11. The van der Waals surface area contributed by atoms with Crippen LogP contribution in [0.4, 0.5) is 4.79 Å². The van der Waals surface area contributed by atoms with Gasteiger partial charge in [-0.05, 0) is 31.0 Å². The van der Waals surface area contributed by atoms with Crippen molar-refractivity contribution in [2.45, 2.75) is 13.3 Å². The molecule has 1 N–H and O–H groups in total. The van der Waals surface area contributed by atoms with Crippen molar-refractivity contribution in [2.75, 3.05) is 32.5 Å². The molecule has 0 aliphatic heterocycles. The van der Waals surface area contributed by atoms with Gasteiger partial charge < -0.3 is 10.1 Å². The molecule has 0 aromatic heterocycles. The van der Waals surface area contributed by atoms with E-state index in [9.17, 15) is 13.2 Å². The first-order chi connectivity index (χ1) is 10.3. The van der Waals surface area contributed by atoms with E-state index >= 15 is 0 Å². The third-order valence-electron chi connectivity index (χ3n) is 2.94. The van der Waals surface area contributed by atoms with Crippen LogP contribution in [-0.2, 0) is 21.2 Å². The summed E-state index contributed by atoms with van der Waals surface area (Å²) in [4.78, 5) is 11.2. The summed E-state index contributed by atoms with van der Waals surface area (Å²) in [7, 11) is -3.34. The number of hydrogen-bond acceptors (Lipinski definition) is 4. The van der Waals surface area contributed by atoms with Crippen LogP contribution in [0.2, 0.25) is 5.02 Å². The third-order valence-corrected chi connectivity index (χ3v) is 4.49. The number of carbonyl (C=O) groups excluding carboxylic acids is 1. The van der Waals surface area contributed by atoms with Gasteiger partial charge in [-0.2, -0.15) is 0 Å². The highest BCUT2D eigenvalue weighted by molar-refractivity contribution is 7.88. The van der Waals surface area contributed by atoms with Crippen molar-refractivity contribution in [3.8, 4) is 0 Å². The molecule has 0 aliphatic carbocycles. The Balaban J connectivity index is 2.51. The minimum atomic E-state index is -3.34. The van der Waals surface area contributed by atoms with E-state index in [0.29, 0.717) is 18.0 Å². The molecule has 22 heavy (non-hydrogen) atoms. The summed E-state index contributed by atoms with van der Waals surface area (Å²) in [6.07, 6.45) is 1.18. The third kappa shape index (κ3) is 7.11. The van der Waals surface area contributed by atoms with Crippen LogP contribution in [-0.4, -0.2) is 51.3 Å². The van der Waals surface area contributed by atoms with Gasteiger partial charge in [-0.15, -0.1) is 0 Å². The highest BCUT2D eigenvalue weighted by atomic mass is 35.5. The molecule has 1 aromatic rings. The van der Waals surface area contributed by atoms with Crippen LogP contribution in [0.25, 0.3) is 0 Å². The molecule has 1 amide bonds. The summed E-state index contributed by atoms with van der Waals surface area (Å²) in [6.45, 7) is 2.72. The molecule has 0 aliphatic rings. The van der Waals surface area contributed by atoms with Gasteiger partial charge in [-0.1, -0.05) is 23.7 Å². The van der Waals surface area contributed by atoms with Gasteiger partial charge in [-0.3, -0.25) is 0 Å². The smallest absolute Gasteiger partial charge is 0.407 e. The largest absolute Gasteiger partial charge is 0.450 e. The van der Waals surface area contributed by atoms with Crippen molar-refractivity contribution in [2.24, 2.45) is 0 Å². The molecule has 0 unspecified atom stereocenters. The molecule has 0 spiro atoms. The minimum Gasteiger partial charge on any atom is -0.450 e. The summed E-state index contributed by atoms with van der Waals surface area (Å²) >= 11 is 5.81. The lowest BCUT2D eigenvalue weighted by Crippen LogP contribution is -2.39. The van der Waals surface area contributed by atoms with Gasteiger partial charge in [0.15, 0.2) is 0 Å². The van der Waals surface area contributed by atoms with E-state index < -0.39 is 16.1 Å². The Kier molecular flexibility index (Phi) is 7.64. The van der Waals surface area contributed by atoms with E-state index in [2.05, 4.69) is 5.32 Å². The molecular formula is C14H21ClN2O4S. The van der Waals surface area contributed by atoms with Gasteiger partial charge in [0.25, 0.3) is 0 Å². The Hall–Kier alpha value is -1.31. The van der Waals surface area contributed by atoms with Crippen LogP contribution >= 0.6 is 11.6 Å². The van der Waals surface area contributed by atoms with Crippen LogP contribution < -0.4 is 5.32 Å². The predicted molar refractivity (Wildman–Crippen MR) is 86.6 cm³/mol. The average Bonchev–Trinajstić information content (AvgIpc) is 2.43. The lowest BCUT2D eigenvalue weighted by Gasteiger charge is -2.20. The second kappa shape index (κ2) is 8.97. The number of hydrogen-bond donors (Lipinski definition) is 1. The van der Waals surface area contributed by atoms with Crippen LogP contribution in [0.5, 0.6) is 0 Å². The maximum atomic E-state index is 11.8. The Bertz CT molecular complexity index is 575. The number of rotatable bonds is 8. The minimum absolute atomic E-state index is 0.200. The van der Waals surface area contributed by atoms with E-state index in [1.165, 1.54) is 4.31 Å². The standard InChI is InChI=1S/C14H21ClN2O4S/c1-3-21-14(18)16-9-11-17(22(2,19)20)10-8-12-4-6-13(15)7-5-12/h4-7H,3,8-11H2,1-2H3,(H,16,18). The molecule has 0 fully saturated rings. The maximum Gasteiger partial charge on any atom is 0.407 e. The fraction of sp³-hybridized carbons (Fsp3) is 0.500. The number of carbonyl (C=O) groups is 1. The monoisotopic (exact) mass is 348 g/mol. The number of nitrogens with one attached hydrogen (secondary N) is 1. The van der Waals surface area contributed by atoms with Gasteiger partial charge in [0.1, 0.15) is 0 Å². The van der Waals surface area contributed by atoms with E-state index in [4.69, 9.17) is 16.3 Å². The van der Waals surface area contributed by atoms with Crippen LogP contribution in [0, 0.1) is 0 Å².